The van der Waals surface area contributed by atoms with Crippen molar-refractivity contribution in [1.29, 1.82) is 0 Å². The van der Waals surface area contributed by atoms with Crippen LogP contribution in [0.25, 0.3) is 0 Å². The van der Waals surface area contributed by atoms with Gasteiger partial charge in [-0.15, -0.1) is 0 Å². The summed E-state index contributed by atoms with van der Waals surface area (Å²) in [7, 11) is 1.77. The first kappa shape index (κ1) is 12.9. The summed E-state index contributed by atoms with van der Waals surface area (Å²) in [5.74, 6) is 0.0341. The lowest BCUT2D eigenvalue weighted by atomic mass is 10.3. The fourth-order valence-corrected chi connectivity index (χ4v) is 1.59. The van der Waals surface area contributed by atoms with Crippen LogP contribution < -0.4 is 11.1 Å². The number of carbonyl (C=O) groups excluding carboxylic acids is 2. The van der Waals surface area contributed by atoms with Crippen molar-refractivity contribution >= 4 is 11.8 Å². The van der Waals surface area contributed by atoms with Crippen LogP contribution >= 0.6 is 0 Å². The summed E-state index contributed by atoms with van der Waals surface area (Å²) in [6.07, 6.45) is 0.808. The van der Waals surface area contributed by atoms with Gasteiger partial charge in [0.25, 0.3) is 0 Å². The SMILES string of the molecule is CN(CCCN)C(=O)CN1CCNC(=O)C1. The molecule has 1 saturated heterocycles. The average molecular weight is 228 g/mol. The van der Waals surface area contributed by atoms with E-state index in [1.807, 2.05) is 4.90 Å². The number of hydrogen-bond acceptors (Lipinski definition) is 4. The minimum absolute atomic E-state index is 0.0105. The number of nitrogens with one attached hydrogen (secondary N) is 1. The van der Waals surface area contributed by atoms with Crippen molar-refractivity contribution in [2.24, 2.45) is 5.73 Å². The number of nitrogens with zero attached hydrogens (tertiary/aromatic N) is 2. The first-order valence-electron chi connectivity index (χ1n) is 5.56. The van der Waals surface area contributed by atoms with E-state index >= 15 is 0 Å². The summed E-state index contributed by atoms with van der Waals surface area (Å²) < 4.78 is 0. The lowest BCUT2D eigenvalue weighted by Gasteiger charge is -2.27. The van der Waals surface area contributed by atoms with Gasteiger partial charge in [0, 0.05) is 26.7 Å². The number of piperazine rings is 1. The van der Waals surface area contributed by atoms with Crippen LogP contribution in [0, 0.1) is 0 Å². The molecular weight excluding hydrogens is 208 g/mol. The summed E-state index contributed by atoms with van der Waals surface area (Å²) in [6, 6.07) is 0. The Balaban J connectivity index is 2.29. The van der Waals surface area contributed by atoms with Crippen LogP contribution in [-0.4, -0.2) is 67.9 Å². The third kappa shape index (κ3) is 4.16. The van der Waals surface area contributed by atoms with Crippen LogP contribution in [0.3, 0.4) is 0 Å². The Morgan fingerprint density at radius 1 is 1.62 bits per heavy atom. The third-order valence-corrected chi connectivity index (χ3v) is 2.60. The van der Waals surface area contributed by atoms with Gasteiger partial charge in [0.2, 0.25) is 11.8 Å². The van der Waals surface area contributed by atoms with Crippen LogP contribution in [0.4, 0.5) is 0 Å². The van der Waals surface area contributed by atoms with Crippen molar-refractivity contribution < 1.29 is 9.59 Å². The van der Waals surface area contributed by atoms with Crippen molar-refractivity contribution in [3.8, 4) is 0 Å². The molecule has 6 nitrogen and oxygen atoms in total. The van der Waals surface area contributed by atoms with Crippen molar-refractivity contribution in [1.82, 2.24) is 15.1 Å². The first-order valence-corrected chi connectivity index (χ1v) is 5.56. The smallest absolute Gasteiger partial charge is 0.236 e. The maximum atomic E-state index is 11.7. The maximum Gasteiger partial charge on any atom is 0.236 e. The summed E-state index contributed by atoms with van der Waals surface area (Å²) >= 11 is 0. The lowest BCUT2D eigenvalue weighted by molar-refractivity contribution is -0.132. The van der Waals surface area contributed by atoms with Gasteiger partial charge in [0.15, 0.2) is 0 Å². The van der Waals surface area contributed by atoms with Crippen LogP contribution in [0.2, 0.25) is 0 Å². The molecule has 92 valence electrons. The van der Waals surface area contributed by atoms with Crippen LogP contribution in [0.1, 0.15) is 6.42 Å². The Morgan fingerprint density at radius 2 is 2.38 bits per heavy atom. The van der Waals surface area contributed by atoms with E-state index in [1.54, 1.807) is 11.9 Å². The fourth-order valence-electron chi connectivity index (χ4n) is 1.59. The molecule has 16 heavy (non-hydrogen) atoms. The summed E-state index contributed by atoms with van der Waals surface area (Å²) in [5.41, 5.74) is 5.38. The second kappa shape index (κ2) is 6.44. The largest absolute Gasteiger partial charge is 0.354 e. The van der Waals surface area contributed by atoms with Crippen molar-refractivity contribution in [3.63, 3.8) is 0 Å². The summed E-state index contributed by atoms with van der Waals surface area (Å²) in [5, 5.41) is 2.73. The second-order valence-corrected chi connectivity index (χ2v) is 4.02. The molecular formula is C10H20N4O2. The van der Waals surface area contributed by atoms with Gasteiger partial charge >= 0.3 is 0 Å². The number of nitrogens with two attached hydrogens (primary N) is 1. The maximum absolute atomic E-state index is 11.7. The highest BCUT2D eigenvalue weighted by molar-refractivity contribution is 5.81. The van der Waals surface area contributed by atoms with E-state index < -0.39 is 0 Å². The van der Waals surface area contributed by atoms with E-state index in [9.17, 15) is 9.59 Å². The molecule has 1 aliphatic rings. The lowest BCUT2D eigenvalue weighted by Crippen LogP contribution is -2.50. The molecule has 0 aromatic carbocycles. The van der Waals surface area contributed by atoms with Gasteiger partial charge in [-0.25, -0.2) is 0 Å². The molecule has 1 aliphatic heterocycles. The molecule has 0 bridgehead atoms. The number of carbonyl (C=O) groups is 2. The minimum atomic E-state index is -0.0105. The molecule has 0 aromatic rings. The highest BCUT2D eigenvalue weighted by Crippen LogP contribution is 1.96. The van der Waals surface area contributed by atoms with E-state index in [0.717, 1.165) is 13.0 Å². The van der Waals surface area contributed by atoms with Gasteiger partial charge in [0.05, 0.1) is 13.1 Å². The van der Waals surface area contributed by atoms with Crippen molar-refractivity contribution in [3.05, 3.63) is 0 Å². The molecule has 6 heteroatoms. The molecule has 1 rings (SSSR count). The monoisotopic (exact) mass is 228 g/mol. The Hall–Kier alpha value is -1.14. The van der Waals surface area contributed by atoms with Gasteiger partial charge in [0.1, 0.15) is 0 Å². The van der Waals surface area contributed by atoms with Gasteiger partial charge in [-0.2, -0.15) is 0 Å². The topological polar surface area (TPSA) is 78.7 Å². The quantitative estimate of drug-likeness (QED) is 0.583. The molecule has 1 fully saturated rings. The van der Waals surface area contributed by atoms with Crippen LogP contribution in [0.5, 0.6) is 0 Å². The average Bonchev–Trinajstić information content (AvgIpc) is 2.25. The van der Waals surface area contributed by atoms with Gasteiger partial charge in [-0.05, 0) is 13.0 Å². The van der Waals surface area contributed by atoms with Crippen molar-refractivity contribution in [2.45, 2.75) is 6.42 Å². The van der Waals surface area contributed by atoms with Crippen LogP contribution in [0.15, 0.2) is 0 Å². The summed E-state index contributed by atoms with van der Waals surface area (Å²) in [6.45, 7) is 3.25. The number of likely N-dealkylation sites (N-methyl/N-ethyl adjacent to an activating group) is 1. The Labute approximate surface area is 95.8 Å². The highest BCUT2D eigenvalue weighted by atomic mass is 16.2. The molecule has 0 saturated carbocycles. The van der Waals surface area contributed by atoms with E-state index in [2.05, 4.69) is 5.32 Å². The second-order valence-electron chi connectivity index (χ2n) is 4.02. The van der Waals surface area contributed by atoms with Gasteiger partial charge in [-0.1, -0.05) is 0 Å². The highest BCUT2D eigenvalue weighted by Gasteiger charge is 2.19. The minimum Gasteiger partial charge on any atom is -0.354 e. The zero-order valence-electron chi connectivity index (χ0n) is 9.74. The Kier molecular flexibility index (Phi) is 5.21. The Bertz CT molecular complexity index is 257. The normalized spacial score (nSPS) is 17.0. The molecule has 2 amide bonds. The molecule has 0 aliphatic carbocycles. The zero-order valence-corrected chi connectivity index (χ0v) is 9.74. The van der Waals surface area contributed by atoms with E-state index in [-0.39, 0.29) is 11.8 Å². The molecule has 0 unspecified atom stereocenters. The Morgan fingerprint density at radius 3 is 3.00 bits per heavy atom. The number of hydrogen-bond donors (Lipinski definition) is 2. The molecule has 0 spiro atoms. The van der Waals surface area contributed by atoms with Gasteiger partial charge < -0.3 is 16.0 Å². The predicted octanol–water partition coefficient (Wildman–Crippen LogP) is -1.77. The van der Waals surface area contributed by atoms with Gasteiger partial charge in [-0.3, -0.25) is 14.5 Å². The van der Waals surface area contributed by atoms with E-state index in [0.29, 0.717) is 32.7 Å². The number of amides is 2. The standard InChI is InChI=1S/C10H20N4O2/c1-13(5-2-3-11)10(16)8-14-6-4-12-9(15)7-14/h2-8,11H2,1H3,(H,12,15). The fraction of sp³-hybridized carbons (Fsp3) is 0.800. The molecule has 0 aromatic heterocycles. The molecule has 3 N–H and O–H groups in total. The number of rotatable bonds is 5. The van der Waals surface area contributed by atoms with Crippen LogP contribution in [-0.2, 0) is 9.59 Å². The molecule has 0 radical (unpaired) electrons. The van der Waals surface area contributed by atoms with E-state index in [1.165, 1.54) is 0 Å². The third-order valence-electron chi connectivity index (χ3n) is 2.60. The molecule has 1 heterocycles. The van der Waals surface area contributed by atoms with Crippen molar-refractivity contribution in [2.75, 3.05) is 46.3 Å². The first-order chi connectivity index (χ1) is 7.63. The zero-order chi connectivity index (χ0) is 12.0. The van der Waals surface area contributed by atoms with E-state index in [4.69, 9.17) is 5.73 Å². The molecule has 0 atom stereocenters. The summed E-state index contributed by atoms with van der Waals surface area (Å²) in [4.78, 5) is 26.4. The predicted molar refractivity (Wildman–Crippen MR) is 60.8 cm³/mol.